The molecular weight excluding hydrogens is 376 g/mol. The van der Waals surface area contributed by atoms with Gasteiger partial charge in [-0.05, 0) is 69.6 Å². The number of imidazole rings is 1. The molecule has 0 saturated carbocycles. The Balaban J connectivity index is 1.55. The number of H-pyrrole nitrogens is 1. The normalized spacial score (nSPS) is 17.2. The zero-order chi connectivity index (χ0) is 19.8. The van der Waals surface area contributed by atoms with Crippen LogP contribution >= 0.6 is 11.8 Å². The smallest absolute Gasteiger partial charge is 0.137 e. The molecule has 1 aromatic heterocycles. The summed E-state index contributed by atoms with van der Waals surface area (Å²) in [5, 5.41) is 0. The lowest BCUT2D eigenvalue weighted by molar-refractivity contribution is 0.319. The number of aryl methyl sites for hydroxylation is 1. The Bertz CT molecular complexity index is 1010. The van der Waals surface area contributed by atoms with E-state index in [2.05, 4.69) is 76.1 Å². The molecule has 0 amide bonds. The third-order valence-corrected chi connectivity index (χ3v) is 7.14. The predicted octanol–water partition coefficient (Wildman–Crippen LogP) is 5.73. The van der Waals surface area contributed by atoms with Gasteiger partial charge in [-0.1, -0.05) is 30.8 Å². The van der Waals surface area contributed by atoms with E-state index >= 15 is 0 Å². The molecule has 1 saturated heterocycles. The molecule has 0 spiro atoms. The Morgan fingerprint density at radius 3 is 2.66 bits per heavy atom. The van der Waals surface area contributed by atoms with E-state index in [-0.39, 0.29) is 0 Å². The van der Waals surface area contributed by atoms with Gasteiger partial charge in [0.05, 0.1) is 11.4 Å². The molecular formula is C24H28N4S. The number of nitrogens with one attached hydrogen (secondary N) is 1. The highest BCUT2D eigenvalue weighted by Gasteiger charge is 2.29. The average Bonchev–Trinajstić information content (AvgIpc) is 3.43. The molecule has 3 heterocycles. The number of rotatable bonds is 5. The van der Waals surface area contributed by atoms with Crippen molar-refractivity contribution in [2.75, 3.05) is 24.5 Å². The number of hydrogen-bond donors (Lipinski definition) is 1. The summed E-state index contributed by atoms with van der Waals surface area (Å²) in [6.07, 6.45) is 5.59. The number of hydrogen-bond acceptors (Lipinski definition) is 4. The van der Waals surface area contributed by atoms with Crippen LogP contribution in [0.4, 0.5) is 11.4 Å². The van der Waals surface area contributed by atoms with E-state index in [1.807, 2.05) is 18.0 Å². The predicted molar refractivity (Wildman–Crippen MR) is 121 cm³/mol. The summed E-state index contributed by atoms with van der Waals surface area (Å²) in [4.78, 5) is 15.9. The molecule has 5 heteroatoms. The van der Waals surface area contributed by atoms with E-state index in [0.717, 1.165) is 24.4 Å². The first-order valence-corrected chi connectivity index (χ1v) is 11.5. The highest BCUT2D eigenvalue weighted by atomic mass is 32.2. The van der Waals surface area contributed by atoms with Crippen LogP contribution < -0.4 is 4.90 Å². The van der Waals surface area contributed by atoms with Gasteiger partial charge in [-0.25, -0.2) is 4.98 Å². The first-order valence-electron chi connectivity index (χ1n) is 10.7. The molecule has 1 fully saturated rings. The van der Waals surface area contributed by atoms with Gasteiger partial charge in [0.25, 0.3) is 0 Å². The molecule has 0 radical (unpaired) electrons. The standard InChI is InChI=1S/C24H28N4S/c1-3-19-15-25-24(26-19)18-10-11-23-21(14-18)28(17(2)16-27-12-6-7-13-27)20-8-4-5-9-22(20)29-23/h4-5,8-11,14-15,17H,3,6-7,12-13,16H2,1-2H3,(H,25,26)/t17-/m1/s1. The van der Waals surface area contributed by atoms with Gasteiger partial charge in [0, 0.05) is 39.8 Å². The second-order valence-electron chi connectivity index (χ2n) is 8.09. The zero-order valence-electron chi connectivity index (χ0n) is 17.2. The molecule has 0 aliphatic carbocycles. The van der Waals surface area contributed by atoms with Crippen LogP contribution in [-0.4, -0.2) is 40.5 Å². The fourth-order valence-corrected chi connectivity index (χ4v) is 5.56. The Morgan fingerprint density at radius 1 is 1.07 bits per heavy atom. The molecule has 29 heavy (non-hydrogen) atoms. The molecule has 1 N–H and O–H groups in total. The Morgan fingerprint density at radius 2 is 1.86 bits per heavy atom. The number of likely N-dealkylation sites (tertiary alicyclic amines) is 1. The third kappa shape index (κ3) is 3.58. The van der Waals surface area contributed by atoms with Gasteiger partial charge in [-0.2, -0.15) is 0 Å². The van der Waals surface area contributed by atoms with Gasteiger partial charge >= 0.3 is 0 Å². The van der Waals surface area contributed by atoms with E-state index < -0.39 is 0 Å². The molecule has 4 nitrogen and oxygen atoms in total. The number of aromatic nitrogens is 2. The van der Waals surface area contributed by atoms with Crippen LogP contribution in [0.2, 0.25) is 0 Å². The number of nitrogens with zero attached hydrogens (tertiary/aromatic N) is 3. The molecule has 0 unspecified atom stereocenters. The highest BCUT2D eigenvalue weighted by molar-refractivity contribution is 7.99. The van der Waals surface area contributed by atoms with Crippen LogP contribution in [0.15, 0.2) is 58.5 Å². The zero-order valence-corrected chi connectivity index (χ0v) is 18.0. The SMILES string of the molecule is CCc1cnc(-c2ccc3c(c2)N([C@H](C)CN2CCCC2)c2ccccc2S3)[nH]1. The summed E-state index contributed by atoms with van der Waals surface area (Å²) in [7, 11) is 0. The molecule has 5 rings (SSSR count). The van der Waals surface area contributed by atoms with Crippen molar-refractivity contribution < 1.29 is 0 Å². The van der Waals surface area contributed by atoms with Crippen LogP contribution in [0.3, 0.4) is 0 Å². The number of fused-ring (bicyclic) bond motifs is 2. The summed E-state index contributed by atoms with van der Waals surface area (Å²) in [5.41, 5.74) is 4.95. The summed E-state index contributed by atoms with van der Waals surface area (Å²) in [6.45, 7) is 8.08. The van der Waals surface area contributed by atoms with E-state index in [9.17, 15) is 0 Å². The fraction of sp³-hybridized carbons (Fsp3) is 0.375. The largest absolute Gasteiger partial charge is 0.342 e. The van der Waals surface area contributed by atoms with E-state index in [1.165, 1.54) is 52.8 Å². The average molecular weight is 405 g/mol. The third-order valence-electron chi connectivity index (χ3n) is 6.01. The lowest BCUT2D eigenvalue weighted by Crippen LogP contribution is -2.40. The van der Waals surface area contributed by atoms with E-state index in [0.29, 0.717) is 6.04 Å². The van der Waals surface area contributed by atoms with Crippen LogP contribution in [0.25, 0.3) is 11.4 Å². The number of para-hydroxylation sites is 1. The van der Waals surface area contributed by atoms with Crippen molar-refractivity contribution in [3.63, 3.8) is 0 Å². The molecule has 2 aliphatic heterocycles. The molecule has 0 bridgehead atoms. The van der Waals surface area contributed by atoms with Gasteiger partial charge in [-0.15, -0.1) is 0 Å². The lowest BCUT2D eigenvalue weighted by atomic mass is 10.1. The van der Waals surface area contributed by atoms with Crippen LogP contribution in [-0.2, 0) is 6.42 Å². The quantitative estimate of drug-likeness (QED) is 0.589. The van der Waals surface area contributed by atoms with E-state index in [4.69, 9.17) is 0 Å². The molecule has 2 aromatic carbocycles. The van der Waals surface area contributed by atoms with Gasteiger partial charge in [0.2, 0.25) is 0 Å². The maximum Gasteiger partial charge on any atom is 0.137 e. The van der Waals surface area contributed by atoms with Gasteiger partial charge < -0.3 is 14.8 Å². The minimum atomic E-state index is 0.409. The van der Waals surface area contributed by atoms with Gasteiger partial charge in [-0.3, -0.25) is 0 Å². The fourth-order valence-electron chi connectivity index (χ4n) is 4.51. The van der Waals surface area contributed by atoms with Crippen molar-refractivity contribution in [3.8, 4) is 11.4 Å². The summed E-state index contributed by atoms with van der Waals surface area (Å²) >= 11 is 1.87. The Kier molecular flexibility index (Phi) is 5.10. The van der Waals surface area contributed by atoms with Crippen LogP contribution in [0.5, 0.6) is 0 Å². The topological polar surface area (TPSA) is 35.2 Å². The molecule has 3 aromatic rings. The van der Waals surface area contributed by atoms with Crippen molar-refractivity contribution in [1.82, 2.24) is 14.9 Å². The Labute approximate surface area is 177 Å². The van der Waals surface area contributed by atoms with Crippen molar-refractivity contribution in [3.05, 3.63) is 54.4 Å². The maximum atomic E-state index is 4.61. The molecule has 1 atom stereocenters. The van der Waals surface area contributed by atoms with Crippen molar-refractivity contribution >= 4 is 23.1 Å². The second-order valence-corrected chi connectivity index (χ2v) is 9.17. The lowest BCUT2D eigenvalue weighted by Gasteiger charge is -2.39. The second kappa shape index (κ2) is 7.88. The first kappa shape index (κ1) is 18.8. The maximum absolute atomic E-state index is 4.61. The van der Waals surface area contributed by atoms with Crippen molar-refractivity contribution in [2.45, 2.75) is 48.9 Å². The van der Waals surface area contributed by atoms with E-state index in [1.54, 1.807) is 0 Å². The minimum absolute atomic E-state index is 0.409. The summed E-state index contributed by atoms with van der Waals surface area (Å²) in [5.74, 6) is 0.959. The van der Waals surface area contributed by atoms with Crippen molar-refractivity contribution in [2.24, 2.45) is 0 Å². The van der Waals surface area contributed by atoms with Crippen LogP contribution in [0.1, 0.15) is 32.4 Å². The molecule has 2 aliphatic rings. The first-order chi connectivity index (χ1) is 14.2. The Hall–Kier alpha value is -2.24. The summed E-state index contributed by atoms with van der Waals surface area (Å²) in [6, 6.07) is 16.0. The molecule has 150 valence electrons. The van der Waals surface area contributed by atoms with Gasteiger partial charge in [0.1, 0.15) is 5.82 Å². The van der Waals surface area contributed by atoms with Crippen LogP contribution in [0, 0.1) is 0 Å². The number of aromatic amines is 1. The summed E-state index contributed by atoms with van der Waals surface area (Å²) < 4.78 is 0. The minimum Gasteiger partial charge on any atom is -0.342 e. The monoisotopic (exact) mass is 404 g/mol. The van der Waals surface area contributed by atoms with Gasteiger partial charge in [0.15, 0.2) is 0 Å². The number of anilines is 2. The van der Waals surface area contributed by atoms with Crippen molar-refractivity contribution in [1.29, 1.82) is 0 Å². The number of benzene rings is 2. The highest BCUT2D eigenvalue weighted by Crippen LogP contribution is 2.49.